The lowest BCUT2D eigenvalue weighted by Gasteiger charge is -2.32. The monoisotopic (exact) mass is 534 g/mol. The molecule has 6 nitrogen and oxygen atoms in total. The molecule has 0 bridgehead atoms. The average molecular weight is 535 g/mol. The Labute approximate surface area is 235 Å². The second-order valence-electron chi connectivity index (χ2n) is 9.99. The molecule has 2 unspecified atom stereocenters. The molecule has 204 valence electrons. The number of hydrogen-bond acceptors (Lipinski definition) is 4. The van der Waals surface area contributed by atoms with Crippen LogP contribution in [0, 0.1) is 0 Å². The van der Waals surface area contributed by atoms with Crippen LogP contribution in [0.1, 0.15) is 25.7 Å². The lowest BCUT2D eigenvalue weighted by atomic mass is 9.90. The molecule has 4 aromatic rings. The van der Waals surface area contributed by atoms with E-state index in [-0.39, 0.29) is 37.1 Å². The van der Waals surface area contributed by atoms with Gasteiger partial charge >= 0.3 is 0 Å². The van der Waals surface area contributed by atoms with Gasteiger partial charge in [-0.3, -0.25) is 9.59 Å². The molecule has 0 heterocycles. The summed E-state index contributed by atoms with van der Waals surface area (Å²) in [6, 6.07) is 35.3. The quantitative estimate of drug-likeness (QED) is 0.261. The van der Waals surface area contributed by atoms with Gasteiger partial charge in [0.15, 0.2) is 13.2 Å². The molecule has 0 aliphatic heterocycles. The maximum Gasteiger partial charge on any atom is 0.258 e. The van der Waals surface area contributed by atoms with Gasteiger partial charge in [0, 0.05) is 12.1 Å². The highest BCUT2D eigenvalue weighted by atomic mass is 16.5. The predicted octanol–water partition coefficient (Wildman–Crippen LogP) is 6.02. The largest absolute Gasteiger partial charge is 0.484 e. The highest BCUT2D eigenvalue weighted by Gasteiger charge is 2.28. The zero-order valence-corrected chi connectivity index (χ0v) is 22.4. The van der Waals surface area contributed by atoms with Crippen molar-refractivity contribution < 1.29 is 19.1 Å². The molecule has 1 aliphatic carbocycles. The lowest BCUT2D eigenvalue weighted by molar-refractivity contribution is -0.127. The van der Waals surface area contributed by atoms with Crippen LogP contribution in [-0.4, -0.2) is 37.1 Å². The van der Waals surface area contributed by atoms with Crippen molar-refractivity contribution in [3.8, 4) is 33.8 Å². The first kappa shape index (κ1) is 27.0. The van der Waals surface area contributed by atoms with Crippen molar-refractivity contribution in [3.63, 3.8) is 0 Å². The van der Waals surface area contributed by atoms with E-state index in [0.29, 0.717) is 11.5 Å². The Morgan fingerprint density at radius 1 is 0.525 bits per heavy atom. The average Bonchev–Trinajstić information content (AvgIpc) is 3.01. The van der Waals surface area contributed by atoms with E-state index in [1.807, 2.05) is 84.9 Å². The summed E-state index contributed by atoms with van der Waals surface area (Å²) >= 11 is 0. The van der Waals surface area contributed by atoms with Crippen LogP contribution >= 0.6 is 0 Å². The van der Waals surface area contributed by atoms with E-state index in [1.54, 1.807) is 0 Å². The van der Waals surface area contributed by atoms with Gasteiger partial charge in [-0.25, -0.2) is 0 Å². The summed E-state index contributed by atoms with van der Waals surface area (Å²) in [5.74, 6) is 0.871. The third kappa shape index (κ3) is 7.50. The third-order valence-electron chi connectivity index (χ3n) is 7.12. The number of carbonyl (C=O) groups excluding carboxylic acids is 2. The molecule has 2 amide bonds. The van der Waals surface area contributed by atoms with Crippen LogP contribution in [0.3, 0.4) is 0 Å². The first-order valence-corrected chi connectivity index (χ1v) is 13.8. The summed E-state index contributed by atoms with van der Waals surface area (Å²) in [4.78, 5) is 25.3. The van der Waals surface area contributed by atoms with Gasteiger partial charge in [0.1, 0.15) is 11.5 Å². The van der Waals surface area contributed by atoms with E-state index in [4.69, 9.17) is 9.47 Å². The summed E-state index contributed by atoms with van der Waals surface area (Å²) < 4.78 is 11.4. The summed E-state index contributed by atoms with van der Waals surface area (Å²) in [5.41, 5.74) is 4.44. The Hall–Kier alpha value is -4.58. The van der Waals surface area contributed by atoms with E-state index in [1.165, 1.54) is 0 Å². The van der Waals surface area contributed by atoms with Crippen LogP contribution in [0.2, 0.25) is 0 Å². The molecule has 6 heteroatoms. The SMILES string of the molecule is O=C(COc1ccc(-c2ccccc2)cc1)NC1CCCCC1NC(=O)COc1ccc(-c2ccccc2)cc1. The number of nitrogens with one attached hydrogen (secondary N) is 2. The number of hydrogen-bond donors (Lipinski definition) is 2. The van der Waals surface area contributed by atoms with E-state index in [9.17, 15) is 9.59 Å². The fourth-order valence-electron chi connectivity index (χ4n) is 5.02. The Balaban J connectivity index is 1.07. The zero-order valence-electron chi connectivity index (χ0n) is 22.4. The van der Waals surface area contributed by atoms with Crippen molar-refractivity contribution >= 4 is 11.8 Å². The molecular weight excluding hydrogens is 500 g/mol. The van der Waals surface area contributed by atoms with Gasteiger partial charge in [-0.15, -0.1) is 0 Å². The molecule has 0 aromatic heterocycles. The molecule has 0 saturated heterocycles. The van der Waals surface area contributed by atoms with Crippen LogP contribution in [0.5, 0.6) is 11.5 Å². The van der Waals surface area contributed by atoms with E-state index in [0.717, 1.165) is 47.9 Å². The molecular formula is C34H34N2O4. The Kier molecular flexibility index (Phi) is 9.09. The first-order valence-electron chi connectivity index (χ1n) is 13.8. The fraction of sp³-hybridized carbons (Fsp3) is 0.235. The minimum absolute atomic E-state index is 0.0794. The van der Waals surface area contributed by atoms with Crippen molar-refractivity contribution in [1.29, 1.82) is 0 Å². The van der Waals surface area contributed by atoms with Crippen LogP contribution in [0.4, 0.5) is 0 Å². The maximum atomic E-state index is 12.7. The first-order chi connectivity index (χ1) is 19.6. The summed E-state index contributed by atoms with van der Waals surface area (Å²) in [7, 11) is 0. The van der Waals surface area contributed by atoms with Crippen LogP contribution < -0.4 is 20.1 Å². The maximum absolute atomic E-state index is 12.7. The third-order valence-corrected chi connectivity index (χ3v) is 7.12. The number of ether oxygens (including phenoxy) is 2. The van der Waals surface area contributed by atoms with Gasteiger partial charge in [0.2, 0.25) is 0 Å². The Bertz CT molecular complexity index is 1260. The van der Waals surface area contributed by atoms with Gasteiger partial charge in [-0.2, -0.15) is 0 Å². The number of benzene rings is 4. The van der Waals surface area contributed by atoms with E-state index < -0.39 is 0 Å². The van der Waals surface area contributed by atoms with Gasteiger partial charge < -0.3 is 20.1 Å². The number of carbonyl (C=O) groups is 2. The van der Waals surface area contributed by atoms with Crippen molar-refractivity contribution in [2.24, 2.45) is 0 Å². The molecule has 2 atom stereocenters. The normalized spacial score (nSPS) is 16.5. The minimum atomic E-state index is -0.201. The molecule has 1 saturated carbocycles. The highest BCUT2D eigenvalue weighted by Crippen LogP contribution is 2.24. The van der Waals surface area contributed by atoms with Crippen LogP contribution in [-0.2, 0) is 9.59 Å². The molecule has 4 aromatic carbocycles. The molecule has 0 radical (unpaired) electrons. The highest BCUT2D eigenvalue weighted by molar-refractivity contribution is 5.79. The van der Waals surface area contributed by atoms with Crippen LogP contribution in [0.25, 0.3) is 22.3 Å². The van der Waals surface area contributed by atoms with Crippen molar-refractivity contribution in [3.05, 3.63) is 109 Å². The second-order valence-corrected chi connectivity index (χ2v) is 9.99. The zero-order chi connectivity index (χ0) is 27.6. The lowest BCUT2D eigenvalue weighted by Crippen LogP contribution is -2.54. The number of rotatable bonds is 10. The molecule has 2 N–H and O–H groups in total. The predicted molar refractivity (Wildman–Crippen MR) is 157 cm³/mol. The second kappa shape index (κ2) is 13.5. The summed E-state index contributed by atoms with van der Waals surface area (Å²) in [5, 5.41) is 6.12. The van der Waals surface area contributed by atoms with Gasteiger partial charge in [-0.05, 0) is 59.4 Å². The minimum Gasteiger partial charge on any atom is -0.484 e. The molecule has 1 fully saturated rings. The summed E-state index contributed by atoms with van der Waals surface area (Å²) in [6.07, 6.45) is 3.63. The molecule has 5 rings (SSSR count). The number of amides is 2. The van der Waals surface area contributed by atoms with Gasteiger partial charge in [-0.1, -0.05) is 97.8 Å². The molecule has 40 heavy (non-hydrogen) atoms. The van der Waals surface area contributed by atoms with E-state index >= 15 is 0 Å². The standard InChI is InChI=1S/C34H34N2O4/c37-33(23-39-29-19-15-27(16-20-29)25-9-3-1-4-10-25)35-31-13-7-8-14-32(31)36-34(38)24-40-30-21-17-28(18-22-30)26-11-5-2-6-12-26/h1-6,9-12,15-22,31-32H,7-8,13-14,23-24H2,(H,35,37)(H,36,38). The Morgan fingerprint density at radius 3 is 1.25 bits per heavy atom. The van der Waals surface area contributed by atoms with E-state index in [2.05, 4.69) is 34.9 Å². The van der Waals surface area contributed by atoms with Crippen LogP contribution in [0.15, 0.2) is 109 Å². The molecule has 0 spiro atoms. The van der Waals surface area contributed by atoms with Crippen molar-refractivity contribution in [1.82, 2.24) is 10.6 Å². The fourth-order valence-corrected chi connectivity index (χ4v) is 5.02. The van der Waals surface area contributed by atoms with Crippen molar-refractivity contribution in [2.45, 2.75) is 37.8 Å². The molecule has 1 aliphatic rings. The van der Waals surface area contributed by atoms with Gasteiger partial charge in [0.25, 0.3) is 11.8 Å². The Morgan fingerprint density at radius 2 is 0.875 bits per heavy atom. The van der Waals surface area contributed by atoms with Crippen molar-refractivity contribution in [2.75, 3.05) is 13.2 Å². The topological polar surface area (TPSA) is 76.7 Å². The summed E-state index contributed by atoms with van der Waals surface area (Å²) in [6.45, 7) is -0.159. The smallest absolute Gasteiger partial charge is 0.258 e. The van der Waals surface area contributed by atoms with Gasteiger partial charge in [0.05, 0.1) is 0 Å².